The summed E-state index contributed by atoms with van der Waals surface area (Å²) in [5.41, 5.74) is 1.28. The molecule has 0 fully saturated rings. The number of hydrogen-bond donors (Lipinski definition) is 0. The number of ether oxygens (including phenoxy) is 1. The first kappa shape index (κ1) is 13.5. The summed E-state index contributed by atoms with van der Waals surface area (Å²) < 4.78 is 4.86. The molecule has 0 aliphatic carbocycles. The van der Waals surface area contributed by atoms with Gasteiger partial charge in [0.1, 0.15) is 16.5 Å². The first-order valence-corrected chi connectivity index (χ1v) is 6.31. The van der Waals surface area contributed by atoms with Crippen molar-refractivity contribution in [3.63, 3.8) is 0 Å². The predicted octanol–water partition coefficient (Wildman–Crippen LogP) is 2.90. The Labute approximate surface area is 116 Å². The van der Waals surface area contributed by atoms with Gasteiger partial charge in [-0.2, -0.15) is 0 Å². The summed E-state index contributed by atoms with van der Waals surface area (Å²) in [5, 5.41) is 0.124. The Kier molecular flexibility index (Phi) is 4.47. The number of benzene rings is 1. The molecule has 1 aromatic carbocycles. The van der Waals surface area contributed by atoms with E-state index in [0.717, 1.165) is 5.56 Å². The van der Waals surface area contributed by atoms with Crippen molar-refractivity contribution in [1.29, 1.82) is 0 Å². The maximum Gasteiger partial charge on any atom is 0.342 e. The maximum atomic E-state index is 11.5. The number of halogens is 1. The van der Waals surface area contributed by atoms with Gasteiger partial charge in [0.15, 0.2) is 0 Å². The van der Waals surface area contributed by atoms with Crippen LogP contribution >= 0.6 is 11.6 Å². The van der Waals surface area contributed by atoms with E-state index >= 15 is 0 Å². The van der Waals surface area contributed by atoms with Gasteiger partial charge in [0.05, 0.1) is 6.61 Å². The summed E-state index contributed by atoms with van der Waals surface area (Å²) in [6.45, 7) is 2.03. The van der Waals surface area contributed by atoms with Gasteiger partial charge >= 0.3 is 5.97 Å². The monoisotopic (exact) mass is 276 g/mol. The lowest BCUT2D eigenvalue weighted by molar-refractivity contribution is 0.0525. The molecule has 1 aromatic heterocycles. The zero-order valence-corrected chi connectivity index (χ0v) is 11.2. The van der Waals surface area contributed by atoms with Crippen LogP contribution in [0.15, 0.2) is 36.5 Å². The Morgan fingerprint density at radius 1 is 1.32 bits per heavy atom. The van der Waals surface area contributed by atoms with E-state index in [1.54, 1.807) is 6.92 Å². The van der Waals surface area contributed by atoms with Crippen LogP contribution in [-0.4, -0.2) is 22.5 Å². The second-order valence-corrected chi connectivity index (χ2v) is 4.23. The highest BCUT2D eigenvalue weighted by atomic mass is 35.5. The fourth-order valence-electron chi connectivity index (χ4n) is 1.60. The van der Waals surface area contributed by atoms with Gasteiger partial charge in [-0.15, -0.1) is 0 Å². The highest BCUT2D eigenvalue weighted by Gasteiger charge is 2.14. The number of hydrogen-bond acceptors (Lipinski definition) is 4. The summed E-state index contributed by atoms with van der Waals surface area (Å²) in [5.74, 6) is 0.0722. The van der Waals surface area contributed by atoms with E-state index in [-0.39, 0.29) is 10.7 Å². The summed E-state index contributed by atoms with van der Waals surface area (Å²) >= 11 is 5.97. The molecule has 0 unspecified atom stereocenters. The zero-order chi connectivity index (χ0) is 13.7. The largest absolute Gasteiger partial charge is 0.462 e. The van der Waals surface area contributed by atoms with Gasteiger partial charge in [-0.1, -0.05) is 41.9 Å². The molecule has 0 aliphatic heterocycles. The Hall–Kier alpha value is -1.94. The molecule has 0 aliphatic rings. The number of esters is 1. The molecule has 4 nitrogen and oxygen atoms in total. The van der Waals surface area contributed by atoms with Gasteiger partial charge in [0, 0.05) is 12.6 Å². The summed E-state index contributed by atoms with van der Waals surface area (Å²) in [4.78, 5) is 19.8. The molecule has 0 radical (unpaired) electrons. The predicted molar refractivity (Wildman–Crippen MR) is 72.2 cm³/mol. The molecule has 19 heavy (non-hydrogen) atoms. The van der Waals surface area contributed by atoms with E-state index in [0.29, 0.717) is 18.9 Å². The summed E-state index contributed by atoms with van der Waals surface area (Å²) in [6, 6.07) is 9.81. The molecule has 0 amide bonds. The Bertz CT molecular complexity index is 573. The van der Waals surface area contributed by atoms with Gasteiger partial charge in [-0.25, -0.2) is 14.8 Å². The van der Waals surface area contributed by atoms with Gasteiger partial charge in [-0.05, 0) is 12.5 Å². The van der Waals surface area contributed by atoms with E-state index < -0.39 is 5.97 Å². The van der Waals surface area contributed by atoms with Crippen molar-refractivity contribution in [3.05, 3.63) is 58.6 Å². The molecule has 0 N–H and O–H groups in total. The smallest absolute Gasteiger partial charge is 0.342 e. The summed E-state index contributed by atoms with van der Waals surface area (Å²) in [7, 11) is 0. The quantitative estimate of drug-likeness (QED) is 0.636. The number of nitrogens with zero attached hydrogens (tertiary/aromatic N) is 2. The molecule has 1 heterocycles. The number of carbonyl (C=O) groups is 1. The van der Waals surface area contributed by atoms with Crippen LogP contribution in [0.2, 0.25) is 5.15 Å². The van der Waals surface area contributed by atoms with Crippen molar-refractivity contribution in [2.75, 3.05) is 6.61 Å². The van der Waals surface area contributed by atoms with Crippen LogP contribution in [-0.2, 0) is 11.2 Å². The molecule has 2 aromatic rings. The van der Waals surface area contributed by atoms with Crippen LogP contribution < -0.4 is 0 Å². The van der Waals surface area contributed by atoms with Crippen LogP contribution in [0.3, 0.4) is 0 Å². The van der Waals surface area contributed by atoms with E-state index in [1.807, 2.05) is 30.3 Å². The van der Waals surface area contributed by atoms with Crippen LogP contribution in [0.25, 0.3) is 0 Å². The van der Waals surface area contributed by atoms with Gasteiger partial charge < -0.3 is 4.74 Å². The molecule has 2 rings (SSSR count). The average Bonchev–Trinajstić information content (AvgIpc) is 2.40. The Morgan fingerprint density at radius 2 is 2.05 bits per heavy atom. The van der Waals surface area contributed by atoms with Crippen LogP contribution in [0.1, 0.15) is 28.7 Å². The van der Waals surface area contributed by atoms with E-state index in [1.165, 1.54) is 6.20 Å². The lowest BCUT2D eigenvalue weighted by atomic mass is 10.1. The molecule has 98 valence electrons. The first-order chi connectivity index (χ1) is 9.20. The fraction of sp³-hybridized carbons (Fsp3) is 0.214. The molecule has 0 spiro atoms. The Balaban J connectivity index is 2.17. The molecule has 0 saturated carbocycles. The lowest BCUT2D eigenvalue weighted by Crippen LogP contribution is -2.08. The third-order valence-electron chi connectivity index (χ3n) is 2.49. The average molecular weight is 277 g/mol. The highest BCUT2D eigenvalue weighted by molar-refractivity contribution is 6.32. The standard InChI is InChI=1S/C14H13ClN2O2/c1-2-19-14(18)11-9-16-12(17-13(11)15)8-10-6-4-3-5-7-10/h3-7,9H,2,8H2,1H3. The fourth-order valence-corrected chi connectivity index (χ4v) is 1.83. The number of aromatic nitrogens is 2. The van der Waals surface area contributed by atoms with Gasteiger partial charge in [-0.3, -0.25) is 0 Å². The summed E-state index contributed by atoms with van der Waals surface area (Å²) in [6.07, 6.45) is 1.98. The molecular formula is C14H13ClN2O2. The Morgan fingerprint density at radius 3 is 2.68 bits per heavy atom. The minimum Gasteiger partial charge on any atom is -0.462 e. The minimum atomic E-state index is -0.501. The molecule has 0 bridgehead atoms. The SMILES string of the molecule is CCOC(=O)c1cnc(Cc2ccccc2)nc1Cl. The van der Waals surface area contributed by atoms with Crippen molar-refractivity contribution in [2.45, 2.75) is 13.3 Å². The van der Waals surface area contributed by atoms with Crippen molar-refractivity contribution in [1.82, 2.24) is 9.97 Å². The van der Waals surface area contributed by atoms with Crippen LogP contribution in [0.4, 0.5) is 0 Å². The van der Waals surface area contributed by atoms with E-state index in [4.69, 9.17) is 16.3 Å². The second kappa shape index (κ2) is 6.29. The molecule has 0 saturated heterocycles. The van der Waals surface area contributed by atoms with E-state index in [9.17, 15) is 4.79 Å². The molecule has 5 heteroatoms. The van der Waals surface area contributed by atoms with Crippen molar-refractivity contribution < 1.29 is 9.53 Å². The van der Waals surface area contributed by atoms with Crippen molar-refractivity contribution in [2.24, 2.45) is 0 Å². The molecule has 0 atom stereocenters. The number of rotatable bonds is 4. The first-order valence-electron chi connectivity index (χ1n) is 5.93. The third kappa shape index (κ3) is 3.51. The zero-order valence-electron chi connectivity index (χ0n) is 10.5. The van der Waals surface area contributed by atoms with E-state index in [2.05, 4.69) is 9.97 Å². The minimum absolute atomic E-state index is 0.124. The van der Waals surface area contributed by atoms with Crippen molar-refractivity contribution in [3.8, 4) is 0 Å². The van der Waals surface area contributed by atoms with Crippen LogP contribution in [0.5, 0.6) is 0 Å². The lowest BCUT2D eigenvalue weighted by Gasteiger charge is -2.05. The van der Waals surface area contributed by atoms with Crippen molar-refractivity contribution >= 4 is 17.6 Å². The second-order valence-electron chi connectivity index (χ2n) is 3.87. The van der Waals surface area contributed by atoms with Crippen LogP contribution in [0, 0.1) is 0 Å². The van der Waals surface area contributed by atoms with Gasteiger partial charge in [0.2, 0.25) is 0 Å². The topological polar surface area (TPSA) is 52.1 Å². The number of carbonyl (C=O) groups excluding carboxylic acids is 1. The normalized spacial score (nSPS) is 10.2. The third-order valence-corrected chi connectivity index (χ3v) is 2.78. The van der Waals surface area contributed by atoms with Gasteiger partial charge in [0.25, 0.3) is 0 Å². The maximum absolute atomic E-state index is 11.5. The molecular weight excluding hydrogens is 264 g/mol. The highest BCUT2D eigenvalue weighted by Crippen LogP contribution is 2.15.